The molecule has 1 saturated heterocycles. The molecule has 1 saturated carbocycles. The van der Waals surface area contributed by atoms with Gasteiger partial charge in [-0.3, -0.25) is 4.79 Å². The second-order valence-electron chi connectivity index (χ2n) is 10.1. The van der Waals surface area contributed by atoms with E-state index in [-0.39, 0.29) is 37.6 Å². The van der Waals surface area contributed by atoms with Crippen molar-refractivity contribution in [3.63, 3.8) is 0 Å². The van der Waals surface area contributed by atoms with E-state index < -0.39 is 11.3 Å². The van der Waals surface area contributed by atoms with Gasteiger partial charge in [0.05, 0.1) is 25.2 Å². The Labute approximate surface area is 206 Å². The maximum absolute atomic E-state index is 14.1. The number of amides is 1. The zero-order valence-electron chi connectivity index (χ0n) is 20.9. The summed E-state index contributed by atoms with van der Waals surface area (Å²) < 4.78 is 39.2. The molecule has 190 valence electrons. The lowest BCUT2D eigenvalue weighted by Gasteiger charge is -2.40. The standard InChI is InChI=1S/C28H36F2N2O3/c1-32-17-11-22(12-18-32)31-26(33)27(13-15-28(29,30)16-14-27)19-20-7-9-21(10-8-20)25-23(34-2)5-4-6-24(25)35-3/h4-10,22H,11-19H2,1-3H3,(H,31,33). The zero-order valence-corrected chi connectivity index (χ0v) is 20.9. The molecule has 5 nitrogen and oxygen atoms in total. The molecular formula is C28H36F2N2O3. The van der Waals surface area contributed by atoms with E-state index in [1.165, 1.54) is 0 Å². The van der Waals surface area contributed by atoms with Crippen molar-refractivity contribution in [1.82, 2.24) is 10.2 Å². The Balaban J connectivity index is 1.55. The van der Waals surface area contributed by atoms with Gasteiger partial charge in [-0.25, -0.2) is 8.78 Å². The van der Waals surface area contributed by atoms with Crippen LogP contribution in [0.2, 0.25) is 0 Å². The van der Waals surface area contributed by atoms with Crippen LogP contribution in [0.4, 0.5) is 8.78 Å². The molecule has 0 unspecified atom stereocenters. The smallest absolute Gasteiger partial charge is 0.248 e. The molecular weight excluding hydrogens is 450 g/mol. The lowest BCUT2D eigenvalue weighted by Crippen LogP contribution is -2.52. The van der Waals surface area contributed by atoms with Gasteiger partial charge in [-0.1, -0.05) is 30.3 Å². The number of rotatable bonds is 7. The number of likely N-dealkylation sites (tertiary alicyclic amines) is 1. The van der Waals surface area contributed by atoms with E-state index in [4.69, 9.17) is 9.47 Å². The average molecular weight is 487 g/mol. The summed E-state index contributed by atoms with van der Waals surface area (Å²) in [5, 5.41) is 3.22. The molecule has 1 amide bonds. The van der Waals surface area contributed by atoms with Crippen molar-refractivity contribution in [3.8, 4) is 22.6 Å². The summed E-state index contributed by atoms with van der Waals surface area (Å²) in [4.78, 5) is 15.8. The Kier molecular flexibility index (Phi) is 7.64. The molecule has 7 heteroatoms. The summed E-state index contributed by atoms with van der Waals surface area (Å²) in [6.07, 6.45) is 2.13. The van der Waals surface area contributed by atoms with E-state index in [1.54, 1.807) is 14.2 Å². The Morgan fingerprint density at radius 2 is 1.54 bits per heavy atom. The van der Waals surface area contributed by atoms with Gasteiger partial charge in [-0.2, -0.15) is 0 Å². The third kappa shape index (κ3) is 5.77. The van der Waals surface area contributed by atoms with E-state index in [2.05, 4.69) is 17.3 Å². The molecule has 4 rings (SSSR count). The molecule has 2 aliphatic rings. The van der Waals surface area contributed by atoms with Crippen molar-refractivity contribution in [2.45, 2.75) is 56.9 Å². The van der Waals surface area contributed by atoms with Gasteiger partial charge in [0, 0.05) is 18.9 Å². The summed E-state index contributed by atoms with van der Waals surface area (Å²) in [7, 11) is 5.32. The second-order valence-corrected chi connectivity index (χ2v) is 10.1. The van der Waals surface area contributed by atoms with Crippen molar-refractivity contribution in [3.05, 3.63) is 48.0 Å². The van der Waals surface area contributed by atoms with Crippen LogP contribution in [0.25, 0.3) is 11.1 Å². The number of alkyl halides is 2. The Bertz CT molecular complexity index is 985. The first-order valence-electron chi connectivity index (χ1n) is 12.4. The monoisotopic (exact) mass is 486 g/mol. The van der Waals surface area contributed by atoms with Crippen LogP contribution in [0.3, 0.4) is 0 Å². The van der Waals surface area contributed by atoms with Crippen LogP contribution in [0.15, 0.2) is 42.5 Å². The number of hydrogen-bond donors (Lipinski definition) is 1. The molecule has 35 heavy (non-hydrogen) atoms. The van der Waals surface area contributed by atoms with Gasteiger partial charge in [-0.15, -0.1) is 0 Å². The fraction of sp³-hybridized carbons (Fsp3) is 0.536. The number of nitrogens with zero attached hydrogens (tertiary/aromatic N) is 1. The third-order valence-electron chi connectivity index (χ3n) is 7.69. The number of piperidine rings is 1. The number of halogens is 2. The van der Waals surface area contributed by atoms with Gasteiger partial charge >= 0.3 is 0 Å². The lowest BCUT2D eigenvalue weighted by atomic mass is 9.68. The fourth-order valence-corrected chi connectivity index (χ4v) is 5.39. The maximum Gasteiger partial charge on any atom is 0.248 e. The summed E-state index contributed by atoms with van der Waals surface area (Å²) in [5.74, 6) is -1.35. The molecule has 0 aromatic heterocycles. The van der Waals surface area contributed by atoms with Crippen molar-refractivity contribution in [2.24, 2.45) is 5.41 Å². The molecule has 1 N–H and O–H groups in total. The van der Waals surface area contributed by atoms with E-state index in [0.717, 1.165) is 42.6 Å². The van der Waals surface area contributed by atoms with Gasteiger partial charge in [0.25, 0.3) is 0 Å². The highest BCUT2D eigenvalue weighted by atomic mass is 19.3. The fourth-order valence-electron chi connectivity index (χ4n) is 5.39. The summed E-state index contributed by atoms with van der Waals surface area (Å²) >= 11 is 0. The molecule has 1 heterocycles. The van der Waals surface area contributed by atoms with Crippen LogP contribution >= 0.6 is 0 Å². The average Bonchev–Trinajstić information content (AvgIpc) is 2.86. The van der Waals surface area contributed by atoms with Crippen LogP contribution in [0.5, 0.6) is 11.5 Å². The topological polar surface area (TPSA) is 50.8 Å². The number of nitrogens with one attached hydrogen (secondary N) is 1. The Morgan fingerprint density at radius 3 is 2.09 bits per heavy atom. The van der Waals surface area contributed by atoms with Gasteiger partial charge < -0.3 is 19.7 Å². The molecule has 0 bridgehead atoms. The number of carbonyl (C=O) groups is 1. The quantitative estimate of drug-likeness (QED) is 0.576. The first-order chi connectivity index (χ1) is 16.7. The first kappa shape index (κ1) is 25.4. The second kappa shape index (κ2) is 10.5. The van der Waals surface area contributed by atoms with Gasteiger partial charge in [0.1, 0.15) is 11.5 Å². The molecule has 1 aliphatic heterocycles. The largest absolute Gasteiger partial charge is 0.496 e. The molecule has 0 spiro atoms. The van der Waals surface area contributed by atoms with E-state index in [0.29, 0.717) is 17.9 Å². The predicted molar refractivity (Wildman–Crippen MR) is 133 cm³/mol. The van der Waals surface area contributed by atoms with Gasteiger partial charge in [0.15, 0.2) is 0 Å². The Hall–Kier alpha value is -2.67. The minimum absolute atomic E-state index is 0.0713. The van der Waals surface area contributed by atoms with Crippen LogP contribution in [0.1, 0.15) is 44.1 Å². The molecule has 2 aromatic rings. The highest BCUT2D eigenvalue weighted by molar-refractivity contribution is 5.83. The Morgan fingerprint density at radius 1 is 0.971 bits per heavy atom. The van der Waals surface area contributed by atoms with E-state index in [9.17, 15) is 13.6 Å². The van der Waals surface area contributed by atoms with E-state index >= 15 is 0 Å². The minimum atomic E-state index is -2.69. The van der Waals surface area contributed by atoms with Crippen molar-refractivity contribution in [1.29, 1.82) is 0 Å². The molecule has 0 atom stereocenters. The van der Waals surface area contributed by atoms with Crippen LogP contribution in [0, 0.1) is 5.41 Å². The number of hydrogen-bond acceptors (Lipinski definition) is 4. The van der Waals surface area contributed by atoms with Gasteiger partial charge in [0.2, 0.25) is 11.8 Å². The highest BCUT2D eigenvalue weighted by Gasteiger charge is 2.48. The van der Waals surface area contributed by atoms with Crippen LogP contribution in [-0.4, -0.2) is 57.1 Å². The molecule has 2 fully saturated rings. The number of ether oxygens (including phenoxy) is 2. The maximum atomic E-state index is 14.1. The normalized spacial score (nSPS) is 20.3. The van der Waals surface area contributed by atoms with Gasteiger partial charge in [-0.05, 0) is 75.5 Å². The number of carbonyl (C=O) groups excluding carboxylic acids is 1. The van der Waals surface area contributed by atoms with Crippen molar-refractivity contribution >= 4 is 5.91 Å². The first-order valence-corrected chi connectivity index (χ1v) is 12.4. The van der Waals surface area contributed by atoms with E-state index in [1.807, 2.05) is 42.5 Å². The minimum Gasteiger partial charge on any atom is -0.496 e. The lowest BCUT2D eigenvalue weighted by molar-refractivity contribution is -0.140. The van der Waals surface area contributed by atoms with Crippen LogP contribution < -0.4 is 14.8 Å². The van der Waals surface area contributed by atoms with Crippen molar-refractivity contribution in [2.75, 3.05) is 34.4 Å². The van der Waals surface area contributed by atoms with Crippen LogP contribution in [-0.2, 0) is 11.2 Å². The molecule has 0 radical (unpaired) electrons. The summed E-state index contributed by atoms with van der Waals surface area (Å²) in [5.41, 5.74) is 1.94. The predicted octanol–water partition coefficient (Wildman–Crippen LogP) is 5.32. The SMILES string of the molecule is COc1cccc(OC)c1-c1ccc(CC2(C(=O)NC3CCN(C)CC3)CCC(F)(F)CC2)cc1. The summed E-state index contributed by atoms with van der Waals surface area (Å²) in [6, 6.07) is 13.7. The molecule has 2 aromatic carbocycles. The third-order valence-corrected chi connectivity index (χ3v) is 7.69. The number of methoxy groups -OCH3 is 2. The highest BCUT2D eigenvalue weighted by Crippen LogP contribution is 2.46. The van der Waals surface area contributed by atoms with Crippen molar-refractivity contribution < 1.29 is 23.0 Å². The zero-order chi connectivity index (χ0) is 25.1. The number of benzene rings is 2. The molecule has 1 aliphatic carbocycles. The summed E-state index contributed by atoms with van der Waals surface area (Å²) in [6.45, 7) is 1.87.